The molecule has 0 atom stereocenters. The van der Waals surface area contributed by atoms with Crippen molar-refractivity contribution in [3.63, 3.8) is 0 Å². The van der Waals surface area contributed by atoms with Gasteiger partial charge in [-0.25, -0.2) is 0 Å². The molecule has 4 N–H and O–H groups in total. The first-order chi connectivity index (χ1) is 8.54. The maximum atomic E-state index is 11.7. The molecule has 0 unspecified atom stereocenters. The lowest BCUT2D eigenvalue weighted by Gasteiger charge is -2.11. The summed E-state index contributed by atoms with van der Waals surface area (Å²) in [5, 5.41) is 7.12. The third-order valence-corrected chi connectivity index (χ3v) is 2.58. The number of hydrogen-bond donors (Lipinski definition) is 3. The largest absolute Gasteiger partial charge is 0.342 e. The minimum Gasteiger partial charge on any atom is -0.342 e. The number of hydrogen-bond acceptors (Lipinski definition) is 2. The van der Waals surface area contributed by atoms with Crippen molar-refractivity contribution in [2.75, 3.05) is 25.5 Å². The average molecular weight is 250 g/mol. The minimum atomic E-state index is -0.211. The van der Waals surface area contributed by atoms with Gasteiger partial charge in [0.05, 0.1) is 13.6 Å². The van der Waals surface area contributed by atoms with Crippen LogP contribution in [0.5, 0.6) is 0 Å². The van der Waals surface area contributed by atoms with E-state index in [1.165, 1.54) is 0 Å². The Hall–Kier alpha value is -1.88. The number of nitrogens with two attached hydrogens (primary N) is 1. The van der Waals surface area contributed by atoms with E-state index in [-0.39, 0.29) is 18.4 Å². The molecule has 0 radical (unpaired) electrons. The lowest BCUT2D eigenvalue weighted by atomic mass is 10.1. The Morgan fingerprint density at radius 1 is 1.17 bits per heavy atom. The van der Waals surface area contributed by atoms with E-state index < -0.39 is 0 Å². The number of carbonyl (C=O) groups excluding carboxylic acids is 2. The number of nitrogens with one attached hydrogen (secondary N) is 2. The number of benzene rings is 1. The van der Waals surface area contributed by atoms with Crippen LogP contribution in [0.3, 0.4) is 0 Å². The Balaban J connectivity index is 2.52. The van der Waals surface area contributed by atoms with Crippen LogP contribution in [-0.4, -0.2) is 32.0 Å². The zero-order valence-electron chi connectivity index (χ0n) is 11.0. The predicted molar refractivity (Wildman–Crippen MR) is 70.3 cm³/mol. The molecule has 0 aliphatic carbocycles. The number of aryl methyl sites for hydroxylation is 2. The van der Waals surface area contributed by atoms with Crippen molar-refractivity contribution in [1.82, 2.24) is 5.32 Å². The zero-order valence-corrected chi connectivity index (χ0v) is 11.0. The molecule has 18 heavy (non-hydrogen) atoms. The van der Waals surface area contributed by atoms with E-state index >= 15 is 0 Å². The number of para-hydroxylation sites is 1. The highest BCUT2D eigenvalue weighted by molar-refractivity contribution is 5.95. The molecule has 0 heterocycles. The molecule has 98 valence electrons. The van der Waals surface area contributed by atoms with Crippen LogP contribution >= 0.6 is 0 Å². The zero-order chi connectivity index (χ0) is 13.5. The summed E-state index contributed by atoms with van der Waals surface area (Å²) >= 11 is 0. The molecule has 1 aromatic rings. The van der Waals surface area contributed by atoms with Gasteiger partial charge in [0.1, 0.15) is 0 Å². The van der Waals surface area contributed by atoms with Crippen molar-refractivity contribution in [2.24, 2.45) is 0 Å². The van der Waals surface area contributed by atoms with Gasteiger partial charge in [0, 0.05) is 5.69 Å². The average Bonchev–Trinajstić information content (AvgIpc) is 2.32. The van der Waals surface area contributed by atoms with Crippen LogP contribution in [0.15, 0.2) is 18.2 Å². The highest BCUT2D eigenvalue weighted by Crippen LogP contribution is 2.18. The van der Waals surface area contributed by atoms with Gasteiger partial charge in [0.2, 0.25) is 5.91 Å². The molecule has 2 amide bonds. The van der Waals surface area contributed by atoms with Gasteiger partial charge in [-0.2, -0.15) is 0 Å². The summed E-state index contributed by atoms with van der Waals surface area (Å²) in [6.07, 6.45) is 0. The normalized spacial score (nSPS) is 9.94. The summed E-state index contributed by atoms with van der Waals surface area (Å²) in [7, 11) is 1.80. The van der Waals surface area contributed by atoms with E-state index in [2.05, 4.69) is 10.6 Å². The van der Waals surface area contributed by atoms with Crippen molar-refractivity contribution < 1.29 is 14.9 Å². The molecular formula is C13H20N3O2+. The van der Waals surface area contributed by atoms with Crippen molar-refractivity contribution in [2.45, 2.75) is 13.8 Å². The number of quaternary nitrogens is 1. The molecule has 0 aliphatic rings. The molecule has 0 fully saturated rings. The highest BCUT2D eigenvalue weighted by Gasteiger charge is 2.09. The van der Waals surface area contributed by atoms with Gasteiger partial charge in [0.15, 0.2) is 6.54 Å². The maximum absolute atomic E-state index is 11.7. The van der Waals surface area contributed by atoms with Crippen LogP contribution in [0, 0.1) is 13.8 Å². The van der Waals surface area contributed by atoms with Crippen LogP contribution in [0.1, 0.15) is 11.1 Å². The second-order valence-corrected chi connectivity index (χ2v) is 4.20. The molecule has 1 aromatic carbocycles. The van der Waals surface area contributed by atoms with Crippen LogP contribution in [0.25, 0.3) is 0 Å². The van der Waals surface area contributed by atoms with Crippen molar-refractivity contribution in [3.05, 3.63) is 29.3 Å². The summed E-state index contributed by atoms with van der Waals surface area (Å²) in [5.74, 6) is -0.356. The molecule has 0 saturated carbocycles. The summed E-state index contributed by atoms with van der Waals surface area (Å²) < 4.78 is 0. The van der Waals surface area contributed by atoms with Gasteiger partial charge >= 0.3 is 0 Å². The Morgan fingerprint density at radius 2 is 1.78 bits per heavy atom. The Bertz CT molecular complexity index is 424. The lowest BCUT2D eigenvalue weighted by Crippen LogP contribution is -2.82. The Morgan fingerprint density at radius 3 is 2.33 bits per heavy atom. The maximum Gasteiger partial charge on any atom is 0.275 e. The van der Waals surface area contributed by atoms with E-state index in [0.29, 0.717) is 6.54 Å². The van der Waals surface area contributed by atoms with E-state index in [1.807, 2.05) is 32.0 Å². The molecular weight excluding hydrogens is 230 g/mol. The van der Waals surface area contributed by atoms with Crippen LogP contribution in [0.2, 0.25) is 0 Å². The van der Waals surface area contributed by atoms with E-state index in [0.717, 1.165) is 16.8 Å². The summed E-state index contributed by atoms with van der Waals surface area (Å²) in [4.78, 5) is 22.9. The molecule has 0 aliphatic heterocycles. The standard InChI is InChI=1S/C13H19N3O2/c1-9-5-4-6-10(2)13(9)16-12(18)8-15-11(17)7-14-3/h4-6,14H,7-8H2,1-3H3,(H,15,17)(H,16,18)/p+1. The topological polar surface area (TPSA) is 74.8 Å². The van der Waals surface area contributed by atoms with E-state index in [9.17, 15) is 9.59 Å². The fourth-order valence-corrected chi connectivity index (χ4v) is 1.63. The second-order valence-electron chi connectivity index (χ2n) is 4.20. The third kappa shape index (κ3) is 4.18. The summed E-state index contributed by atoms with van der Waals surface area (Å²) in [5.41, 5.74) is 2.84. The van der Waals surface area contributed by atoms with Crippen LogP contribution in [-0.2, 0) is 9.59 Å². The van der Waals surface area contributed by atoms with Crippen molar-refractivity contribution >= 4 is 17.5 Å². The van der Waals surface area contributed by atoms with Crippen molar-refractivity contribution in [3.8, 4) is 0 Å². The SMILES string of the molecule is C[NH2+]CC(=O)NCC(=O)Nc1c(C)cccc1C. The van der Waals surface area contributed by atoms with Gasteiger partial charge in [-0.3, -0.25) is 9.59 Å². The van der Waals surface area contributed by atoms with E-state index in [1.54, 1.807) is 12.4 Å². The Labute approximate surface area is 107 Å². The van der Waals surface area contributed by atoms with Crippen molar-refractivity contribution in [1.29, 1.82) is 0 Å². The number of amides is 2. The molecule has 0 saturated heterocycles. The van der Waals surface area contributed by atoms with Gasteiger partial charge in [-0.05, 0) is 25.0 Å². The quantitative estimate of drug-likeness (QED) is 0.662. The third-order valence-electron chi connectivity index (χ3n) is 2.58. The van der Waals surface area contributed by atoms with E-state index in [4.69, 9.17) is 0 Å². The molecule has 5 heteroatoms. The molecule has 0 bridgehead atoms. The van der Waals surface area contributed by atoms with Crippen LogP contribution in [0.4, 0.5) is 5.69 Å². The number of anilines is 1. The van der Waals surface area contributed by atoms with Gasteiger partial charge in [-0.15, -0.1) is 0 Å². The first-order valence-electron chi connectivity index (χ1n) is 5.95. The summed E-state index contributed by atoms with van der Waals surface area (Å²) in [6.45, 7) is 4.21. The monoisotopic (exact) mass is 250 g/mol. The highest BCUT2D eigenvalue weighted by atomic mass is 16.2. The molecule has 1 rings (SSSR count). The minimum absolute atomic E-state index is 0.000444. The van der Waals surface area contributed by atoms with Crippen LogP contribution < -0.4 is 16.0 Å². The van der Waals surface area contributed by atoms with Gasteiger partial charge in [0.25, 0.3) is 5.91 Å². The fourth-order valence-electron chi connectivity index (χ4n) is 1.63. The fraction of sp³-hybridized carbons (Fsp3) is 0.385. The molecule has 5 nitrogen and oxygen atoms in total. The predicted octanol–water partition coefficient (Wildman–Crippen LogP) is -0.449. The molecule has 0 spiro atoms. The lowest BCUT2D eigenvalue weighted by molar-refractivity contribution is -0.615. The smallest absolute Gasteiger partial charge is 0.275 e. The second kappa shape index (κ2) is 6.76. The number of likely N-dealkylation sites (N-methyl/N-ethyl adjacent to an activating group) is 1. The van der Waals surface area contributed by atoms with Gasteiger partial charge < -0.3 is 16.0 Å². The number of carbonyl (C=O) groups is 2. The van der Waals surface area contributed by atoms with Gasteiger partial charge in [-0.1, -0.05) is 18.2 Å². The summed E-state index contributed by atoms with van der Waals surface area (Å²) in [6, 6.07) is 5.82. The molecule has 0 aromatic heterocycles. The Kier molecular flexibility index (Phi) is 5.32. The first kappa shape index (κ1) is 14.2. The first-order valence-corrected chi connectivity index (χ1v) is 5.95. The number of rotatable bonds is 5.